The maximum absolute atomic E-state index is 10.3. The lowest BCUT2D eigenvalue weighted by atomic mass is 10.2. The minimum Gasteiger partial charge on any atom is -0.480 e. The first-order valence-electron chi connectivity index (χ1n) is 8.55. The molecule has 0 atom stereocenters. The van der Waals surface area contributed by atoms with Crippen molar-refractivity contribution in [2.24, 2.45) is 0 Å². The Bertz CT molecular complexity index is 1090. The lowest BCUT2D eigenvalue weighted by molar-refractivity contribution is 0.408. The van der Waals surface area contributed by atoms with Crippen LogP contribution in [-0.4, -0.2) is 24.6 Å². The average Bonchev–Trinajstić information content (AvgIpc) is 2.97. The fourth-order valence-electron chi connectivity index (χ4n) is 2.92. The predicted molar refractivity (Wildman–Crippen MR) is 108 cm³/mol. The van der Waals surface area contributed by atoms with Gasteiger partial charge in [0.1, 0.15) is 0 Å². The molecular weight excluding hydrogens is 358 g/mol. The van der Waals surface area contributed by atoms with Gasteiger partial charge in [0.05, 0.1) is 6.54 Å². The van der Waals surface area contributed by atoms with E-state index in [0.29, 0.717) is 22.9 Å². The van der Waals surface area contributed by atoms with Gasteiger partial charge in [0.25, 0.3) is 6.01 Å². The number of hydrogen-bond donors (Lipinski definition) is 2. The Kier molecular flexibility index (Phi) is 4.68. The largest absolute Gasteiger partial charge is 0.480 e. The molecule has 0 saturated heterocycles. The molecule has 2 aromatic heterocycles. The highest BCUT2D eigenvalue weighted by Gasteiger charge is 2.16. The third-order valence-corrected chi connectivity index (χ3v) is 5.13. The van der Waals surface area contributed by atoms with Crippen molar-refractivity contribution in [3.63, 3.8) is 0 Å². The van der Waals surface area contributed by atoms with E-state index in [4.69, 9.17) is 5.73 Å². The van der Waals surface area contributed by atoms with Crippen LogP contribution in [0, 0.1) is 6.92 Å². The number of nitrogens with zero attached hydrogens (tertiary/aromatic N) is 4. The van der Waals surface area contributed by atoms with E-state index in [-0.39, 0.29) is 11.8 Å². The van der Waals surface area contributed by atoms with Gasteiger partial charge in [0.2, 0.25) is 0 Å². The summed E-state index contributed by atoms with van der Waals surface area (Å²) in [7, 11) is 0. The zero-order valence-corrected chi connectivity index (χ0v) is 15.6. The number of aromatic hydroxyl groups is 1. The van der Waals surface area contributed by atoms with Crippen LogP contribution in [0.5, 0.6) is 6.01 Å². The SMILES string of the molecule is Cc1cccc(CSc2nc(N)c3nc(O)n(Cc4ccccc4)c3n2)c1. The number of thioether (sulfide) groups is 1. The maximum Gasteiger partial charge on any atom is 0.296 e. The first-order chi connectivity index (χ1) is 13.1. The summed E-state index contributed by atoms with van der Waals surface area (Å²) in [6.45, 7) is 2.53. The van der Waals surface area contributed by atoms with Crippen molar-refractivity contribution in [3.8, 4) is 6.01 Å². The molecule has 0 saturated carbocycles. The van der Waals surface area contributed by atoms with Gasteiger partial charge in [-0.3, -0.25) is 4.57 Å². The summed E-state index contributed by atoms with van der Waals surface area (Å²) in [5, 5.41) is 10.8. The smallest absolute Gasteiger partial charge is 0.296 e. The van der Waals surface area contributed by atoms with Gasteiger partial charge in [-0.2, -0.15) is 4.98 Å². The Morgan fingerprint density at radius 2 is 1.78 bits per heavy atom. The molecule has 0 bridgehead atoms. The zero-order valence-electron chi connectivity index (χ0n) is 14.8. The van der Waals surface area contributed by atoms with Crippen molar-refractivity contribution in [3.05, 3.63) is 71.3 Å². The number of nitrogens with two attached hydrogens (primary N) is 1. The van der Waals surface area contributed by atoms with E-state index in [1.54, 1.807) is 4.57 Å². The van der Waals surface area contributed by atoms with Crippen LogP contribution in [0.15, 0.2) is 59.8 Å². The highest BCUT2D eigenvalue weighted by molar-refractivity contribution is 7.98. The van der Waals surface area contributed by atoms with Gasteiger partial charge in [-0.05, 0) is 18.1 Å². The summed E-state index contributed by atoms with van der Waals surface area (Å²) in [5.41, 5.74) is 10.5. The van der Waals surface area contributed by atoms with Crippen molar-refractivity contribution in [1.82, 2.24) is 19.5 Å². The number of anilines is 1. The van der Waals surface area contributed by atoms with Crippen LogP contribution in [0.4, 0.5) is 5.82 Å². The molecule has 4 aromatic rings. The van der Waals surface area contributed by atoms with Gasteiger partial charge in [-0.1, -0.05) is 71.9 Å². The van der Waals surface area contributed by atoms with Gasteiger partial charge >= 0.3 is 0 Å². The normalized spacial score (nSPS) is 11.1. The second-order valence-corrected chi connectivity index (χ2v) is 7.27. The lowest BCUT2D eigenvalue weighted by Gasteiger charge is -2.07. The standard InChI is InChI=1S/C20H19N5OS/c1-13-6-5-9-15(10-13)12-27-19-23-17(21)16-18(24-19)25(20(26)22-16)11-14-7-3-2-4-8-14/h2-10H,11-12H2,1H3,(H,22,26)(H2,21,23,24). The quantitative estimate of drug-likeness (QED) is 0.406. The fourth-order valence-corrected chi connectivity index (χ4v) is 3.70. The Morgan fingerprint density at radius 1 is 1.00 bits per heavy atom. The molecule has 7 heteroatoms. The Labute approximate surface area is 161 Å². The number of benzene rings is 2. The second kappa shape index (κ2) is 7.28. The average molecular weight is 377 g/mol. The highest BCUT2D eigenvalue weighted by Crippen LogP contribution is 2.28. The Hall–Kier alpha value is -3.06. The number of rotatable bonds is 5. The van der Waals surface area contributed by atoms with Gasteiger partial charge in [0.15, 0.2) is 22.1 Å². The van der Waals surface area contributed by atoms with Gasteiger partial charge in [-0.25, -0.2) is 9.97 Å². The number of fused-ring (bicyclic) bond motifs is 1. The van der Waals surface area contributed by atoms with Crippen LogP contribution >= 0.6 is 11.8 Å². The Balaban J connectivity index is 1.66. The zero-order chi connectivity index (χ0) is 18.8. The molecule has 2 heterocycles. The Morgan fingerprint density at radius 3 is 2.56 bits per heavy atom. The lowest BCUT2D eigenvalue weighted by Crippen LogP contribution is -2.03. The van der Waals surface area contributed by atoms with Crippen LogP contribution < -0.4 is 5.73 Å². The minimum absolute atomic E-state index is 0.115. The van der Waals surface area contributed by atoms with Crippen LogP contribution in [0.2, 0.25) is 0 Å². The molecule has 0 aliphatic rings. The number of aryl methyl sites for hydroxylation is 1. The summed E-state index contributed by atoms with van der Waals surface area (Å²) in [5.74, 6) is 1.01. The molecule has 0 spiro atoms. The van der Waals surface area contributed by atoms with Gasteiger partial charge in [-0.15, -0.1) is 0 Å². The molecule has 6 nitrogen and oxygen atoms in total. The third-order valence-electron chi connectivity index (χ3n) is 4.21. The molecule has 136 valence electrons. The van der Waals surface area contributed by atoms with E-state index >= 15 is 0 Å². The second-order valence-electron chi connectivity index (χ2n) is 6.32. The number of hydrogen-bond acceptors (Lipinski definition) is 6. The molecule has 0 radical (unpaired) electrons. The molecule has 3 N–H and O–H groups in total. The molecule has 0 fully saturated rings. The van der Waals surface area contributed by atoms with Gasteiger partial charge < -0.3 is 10.8 Å². The van der Waals surface area contributed by atoms with E-state index in [0.717, 1.165) is 11.3 Å². The molecular formula is C20H19N5OS. The van der Waals surface area contributed by atoms with Crippen molar-refractivity contribution in [2.75, 3.05) is 5.73 Å². The number of aromatic nitrogens is 4. The van der Waals surface area contributed by atoms with E-state index in [1.165, 1.54) is 22.9 Å². The molecule has 0 unspecified atom stereocenters. The van der Waals surface area contributed by atoms with Gasteiger partial charge in [0, 0.05) is 5.75 Å². The molecule has 4 rings (SSSR count). The van der Waals surface area contributed by atoms with Crippen LogP contribution in [0.25, 0.3) is 11.2 Å². The molecule has 2 aromatic carbocycles. The topological polar surface area (TPSA) is 89.9 Å². The van der Waals surface area contributed by atoms with Crippen molar-refractivity contribution in [2.45, 2.75) is 24.4 Å². The monoisotopic (exact) mass is 377 g/mol. The number of imidazole rings is 1. The summed E-state index contributed by atoms with van der Waals surface area (Å²) >= 11 is 1.51. The fraction of sp³-hybridized carbons (Fsp3) is 0.150. The summed E-state index contributed by atoms with van der Waals surface area (Å²) in [6, 6.07) is 18.1. The molecule has 0 aliphatic heterocycles. The van der Waals surface area contributed by atoms with Crippen molar-refractivity contribution < 1.29 is 5.11 Å². The van der Waals surface area contributed by atoms with Crippen LogP contribution in [0.1, 0.15) is 16.7 Å². The summed E-state index contributed by atoms with van der Waals surface area (Å²) in [6.07, 6.45) is 0. The number of nitrogen functional groups attached to an aromatic ring is 1. The van der Waals surface area contributed by atoms with E-state index < -0.39 is 0 Å². The maximum atomic E-state index is 10.3. The third kappa shape index (κ3) is 3.73. The van der Waals surface area contributed by atoms with Crippen LogP contribution in [-0.2, 0) is 12.3 Å². The first kappa shape index (κ1) is 17.4. The first-order valence-corrected chi connectivity index (χ1v) is 9.53. The van der Waals surface area contributed by atoms with E-state index in [2.05, 4.69) is 40.1 Å². The summed E-state index contributed by atoms with van der Waals surface area (Å²) in [4.78, 5) is 13.1. The molecule has 0 amide bonds. The van der Waals surface area contributed by atoms with Crippen molar-refractivity contribution >= 4 is 28.7 Å². The molecule has 27 heavy (non-hydrogen) atoms. The molecule has 0 aliphatic carbocycles. The van der Waals surface area contributed by atoms with E-state index in [9.17, 15) is 5.11 Å². The minimum atomic E-state index is -0.115. The summed E-state index contributed by atoms with van der Waals surface area (Å²) < 4.78 is 1.65. The van der Waals surface area contributed by atoms with E-state index in [1.807, 2.05) is 36.4 Å². The highest BCUT2D eigenvalue weighted by atomic mass is 32.2. The predicted octanol–water partition coefficient (Wildman–Crippen LogP) is 3.76. The van der Waals surface area contributed by atoms with Crippen molar-refractivity contribution in [1.29, 1.82) is 0 Å². The van der Waals surface area contributed by atoms with Crippen LogP contribution in [0.3, 0.4) is 0 Å².